The molecule has 2 heteroatoms. The van der Waals surface area contributed by atoms with Gasteiger partial charge in [0.25, 0.3) is 0 Å². The molecule has 0 aromatic heterocycles. The molecule has 0 bridgehead atoms. The molecule has 1 aliphatic heterocycles. The van der Waals surface area contributed by atoms with Crippen LogP contribution in [0.5, 0.6) is 0 Å². The van der Waals surface area contributed by atoms with E-state index in [1.165, 1.54) is 10.5 Å². The molecular weight excluding hydrogens is 238 g/mol. The normalized spacial score (nSPS) is 19.9. The third kappa shape index (κ3) is 3.31. The lowest BCUT2D eigenvalue weighted by Gasteiger charge is -2.17. The van der Waals surface area contributed by atoms with Crippen molar-refractivity contribution in [2.24, 2.45) is 11.1 Å². The van der Waals surface area contributed by atoms with E-state index in [-0.39, 0.29) is 11.5 Å². The van der Waals surface area contributed by atoms with Crippen LogP contribution in [-0.2, 0) is 0 Å². The summed E-state index contributed by atoms with van der Waals surface area (Å²) in [5, 5.41) is 0. The molecule has 1 aromatic rings. The highest BCUT2D eigenvalue weighted by Crippen LogP contribution is 2.40. The molecule has 1 heterocycles. The summed E-state index contributed by atoms with van der Waals surface area (Å²) in [6.45, 7) is 6.39. The first-order valence-corrected chi connectivity index (χ1v) is 7.43. The first-order valence-electron chi connectivity index (χ1n) is 6.45. The smallest absolute Gasteiger partial charge is 0.0247 e. The second-order valence-electron chi connectivity index (χ2n) is 5.88. The van der Waals surface area contributed by atoms with Crippen LogP contribution in [0.3, 0.4) is 0 Å². The Bertz CT molecular complexity index is 476. The third-order valence-electron chi connectivity index (χ3n) is 3.05. The lowest BCUT2D eigenvalue weighted by molar-refractivity contribution is 0.563. The molecule has 2 N–H and O–H groups in total. The maximum absolute atomic E-state index is 6.31. The molecule has 2 atom stereocenters. The molecule has 0 saturated heterocycles. The van der Waals surface area contributed by atoms with Gasteiger partial charge in [0.1, 0.15) is 0 Å². The lowest BCUT2D eigenvalue weighted by Crippen LogP contribution is -2.28. The fourth-order valence-electron chi connectivity index (χ4n) is 2.12. The molecule has 0 radical (unpaired) electrons. The summed E-state index contributed by atoms with van der Waals surface area (Å²) in [7, 11) is 0. The number of fused-ring (bicyclic) bond motifs is 1. The zero-order valence-corrected chi connectivity index (χ0v) is 12.2. The molecule has 18 heavy (non-hydrogen) atoms. The largest absolute Gasteiger partial charge is 0.326 e. The van der Waals surface area contributed by atoms with Gasteiger partial charge in [-0.3, -0.25) is 0 Å². The van der Waals surface area contributed by atoms with E-state index in [4.69, 9.17) is 5.73 Å². The summed E-state index contributed by atoms with van der Waals surface area (Å²) in [4.78, 5) is 1.39. The SMILES string of the molecule is CC(C)(C)C#CCC(N)C1CSc2ccccc21. The van der Waals surface area contributed by atoms with Crippen molar-refractivity contribution in [1.29, 1.82) is 0 Å². The molecule has 2 unspecified atom stereocenters. The summed E-state index contributed by atoms with van der Waals surface area (Å²) in [5.41, 5.74) is 7.79. The molecule has 0 spiro atoms. The predicted octanol–water partition coefficient (Wildman–Crippen LogP) is 3.64. The van der Waals surface area contributed by atoms with Crippen molar-refractivity contribution in [1.82, 2.24) is 0 Å². The van der Waals surface area contributed by atoms with Crippen molar-refractivity contribution >= 4 is 11.8 Å². The van der Waals surface area contributed by atoms with E-state index in [9.17, 15) is 0 Å². The van der Waals surface area contributed by atoms with Crippen molar-refractivity contribution in [3.05, 3.63) is 29.8 Å². The van der Waals surface area contributed by atoms with Gasteiger partial charge < -0.3 is 5.73 Å². The molecule has 0 fully saturated rings. The minimum Gasteiger partial charge on any atom is -0.326 e. The fraction of sp³-hybridized carbons (Fsp3) is 0.500. The minimum absolute atomic E-state index is 0.0715. The van der Waals surface area contributed by atoms with Crippen LogP contribution in [0.15, 0.2) is 29.2 Å². The number of hydrogen-bond acceptors (Lipinski definition) is 2. The van der Waals surface area contributed by atoms with Crippen molar-refractivity contribution in [3.63, 3.8) is 0 Å². The average Bonchev–Trinajstić information content (AvgIpc) is 2.70. The van der Waals surface area contributed by atoms with Crippen LogP contribution in [0, 0.1) is 17.3 Å². The van der Waals surface area contributed by atoms with Crippen LogP contribution in [0.2, 0.25) is 0 Å². The van der Waals surface area contributed by atoms with Gasteiger partial charge in [-0.25, -0.2) is 0 Å². The third-order valence-corrected chi connectivity index (χ3v) is 4.26. The molecule has 96 valence electrons. The molecular formula is C16H21NS. The number of hydrogen-bond donors (Lipinski definition) is 1. The Morgan fingerprint density at radius 1 is 1.39 bits per heavy atom. The van der Waals surface area contributed by atoms with Gasteiger partial charge in [-0.1, -0.05) is 24.1 Å². The highest BCUT2D eigenvalue weighted by molar-refractivity contribution is 7.99. The van der Waals surface area contributed by atoms with Crippen LogP contribution in [-0.4, -0.2) is 11.8 Å². The summed E-state index contributed by atoms with van der Waals surface area (Å²) in [6.07, 6.45) is 0.789. The molecule has 0 saturated carbocycles. The van der Waals surface area contributed by atoms with E-state index in [1.54, 1.807) is 0 Å². The van der Waals surface area contributed by atoms with Gasteiger partial charge in [0.15, 0.2) is 0 Å². The Balaban J connectivity index is 2.03. The zero-order chi connectivity index (χ0) is 13.2. The fourth-order valence-corrected chi connectivity index (χ4v) is 3.46. The van der Waals surface area contributed by atoms with Crippen molar-refractivity contribution in [2.45, 2.75) is 44.0 Å². The van der Waals surface area contributed by atoms with E-state index in [0.29, 0.717) is 5.92 Å². The van der Waals surface area contributed by atoms with Crippen LogP contribution in [0.4, 0.5) is 0 Å². The maximum atomic E-state index is 6.31. The zero-order valence-electron chi connectivity index (χ0n) is 11.4. The van der Waals surface area contributed by atoms with E-state index >= 15 is 0 Å². The minimum atomic E-state index is 0.0715. The highest BCUT2D eigenvalue weighted by atomic mass is 32.2. The summed E-state index contributed by atoms with van der Waals surface area (Å²) >= 11 is 1.92. The molecule has 2 rings (SSSR count). The van der Waals surface area contributed by atoms with E-state index in [0.717, 1.165) is 12.2 Å². The Morgan fingerprint density at radius 2 is 2.11 bits per heavy atom. The monoisotopic (exact) mass is 259 g/mol. The molecule has 1 aliphatic rings. The molecule has 1 nitrogen and oxygen atoms in total. The van der Waals surface area contributed by atoms with Gasteiger partial charge in [-0.05, 0) is 32.4 Å². The van der Waals surface area contributed by atoms with Crippen molar-refractivity contribution in [2.75, 3.05) is 5.75 Å². The average molecular weight is 259 g/mol. The van der Waals surface area contributed by atoms with Gasteiger partial charge in [0, 0.05) is 34.4 Å². The number of nitrogens with two attached hydrogens (primary N) is 1. The van der Waals surface area contributed by atoms with Gasteiger partial charge >= 0.3 is 0 Å². The van der Waals surface area contributed by atoms with E-state index in [2.05, 4.69) is 56.9 Å². The summed E-state index contributed by atoms with van der Waals surface area (Å²) in [5.74, 6) is 8.07. The molecule has 0 aliphatic carbocycles. The maximum Gasteiger partial charge on any atom is 0.0247 e. The van der Waals surface area contributed by atoms with Crippen LogP contribution >= 0.6 is 11.8 Å². The van der Waals surface area contributed by atoms with Gasteiger partial charge in [-0.15, -0.1) is 17.7 Å². The second-order valence-corrected chi connectivity index (χ2v) is 6.94. The number of rotatable bonds is 2. The highest BCUT2D eigenvalue weighted by Gasteiger charge is 2.27. The van der Waals surface area contributed by atoms with Crippen LogP contribution in [0.1, 0.15) is 38.7 Å². The first kappa shape index (κ1) is 13.5. The van der Waals surface area contributed by atoms with Crippen molar-refractivity contribution < 1.29 is 0 Å². The number of thioether (sulfide) groups is 1. The Morgan fingerprint density at radius 3 is 2.83 bits per heavy atom. The Labute approximate surface area is 115 Å². The van der Waals surface area contributed by atoms with Crippen LogP contribution in [0.25, 0.3) is 0 Å². The van der Waals surface area contributed by atoms with Gasteiger partial charge in [0.05, 0.1) is 0 Å². The lowest BCUT2D eigenvalue weighted by atomic mass is 9.91. The topological polar surface area (TPSA) is 26.0 Å². The second kappa shape index (κ2) is 5.38. The Kier molecular flexibility index (Phi) is 4.04. The predicted molar refractivity (Wildman–Crippen MR) is 79.7 cm³/mol. The van der Waals surface area contributed by atoms with Crippen molar-refractivity contribution in [3.8, 4) is 11.8 Å². The van der Waals surface area contributed by atoms with Crippen LogP contribution < -0.4 is 5.73 Å². The summed E-state index contributed by atoms with van der Waals surface area (Å²) < 4.78 is 0. The number of benzene rings is 1. The summed E-state index contributed by atoms with van der Waals surface area (Å²) in [6, 6.07) is 8.74. The Hall–Kier alpha value is -0.910. The van der Waals surface area contributed by atoms with E-state index < -0.39 is 0 Å². The first-order chi connectivity index (χ1) is 8.47. The molecule has 0 amide bonds. The van der Waals surface area contributed by atoms with E-state index in [1.807, 2.05) is 11.8 Å². The molecule has 1 aromatic carbocycles. The van der Waals surface area contributed by atoms with Gasteiger partial charge in [-0.2, -0.15) is 0 Å². The quantitative estimate of drug-likeness (QED) is 0.821. The standard InChI is InChI=1S/C16H21NS/c1-16(2,3)10-6-8-14(17)13-11-18-15-9-5-4-7-12(13)15/h4-5,7,9,13-14H,8,11,17H2,1-3H3. The van der Waals surface area contributed by atoms with Gasteiger partial charge in [0.2, 0.25) is 0 Å².